The highest BCUT2D eigenvalue weighted by molar-refractivity contribution is 4.83. The second kappa shape index (κ2) is 7.34. The van der Waals surface area contributed by atoms with Crippen molar-refractivity contribution in [2.75, 3.05) is 13.7 Å². The molecule has 0 aromatic heterocycles. The molecule has 0 bridgehead atoms. The molecule has 0 saturated carbocycles. The van der Waals surface area contributed by atoms with E-state index in [1.54, 1.807) is 7.11 Å². The van der Waals surface area contributed by atoms with E-state index in [1.807, 2.05) is 0 Å². The summed E-state index contributed by atoms with van der Waals surface area (Å²) in [5.41, 5.74) is 6.19. The Bertz CT molecular complexity index is 107. The lowest BCUT2D eigenvalue weighted by atomic mass is 9.89. The van der Waals surface area contributed by atoms with Crippen molar-refractivity contribution in [3.05, 3.63) is 0 Å². The zero-order valence-corrected chi connectivity index (χ0v) is 9.44. The fourth-order valence-corrected chi connectivity index (χ4v) is 1.61. The van der Waals surface area contributed by atoms with Crippen molar-refractivity contribution >= 4 is 0 Å². The van der Waals surface area contributed by atoms with E-state index in [0.717, 1.165) is 12.8 Å². The van der Waals surface area contributed by atoms with E-state index in [-0.39, 0.29) is 5.54 Å². The molecule has 0 unspecified atom stereocenters. The average molecular weight is 187 g/mol. The Morgan fingerprint density at radius 1 is 1.08 bits per heavy atom. The minimum Gasteiger partial charge on any atom is -0.383 e. The molecule has 0 heterocycles. The topological polar surface area (TPSA) is 35.2 Å². The van der Waals surface area contributed by atoms with E-state index >= 15 is 0 Å². The molecule has 0 atom stereocenters. The van der Waals surface area contributed by atoms with Crippen molar-refractivity contribution in [1.82, 2.24) is 0 Å². The maximum atomic E-state index is 6.26. The lowest BCUT2D eigenvalue weighted by Gasteiger charge is -2.28. The normalized spacial score (nSPS) is 12.0. The van der Waals surface area contributed by atoms with Gasteiger partial charge < -0.3 is 10.5 Å². The maximum Gasteiger partial charge on any atom is 0.0642 e. The highest BCUT2D eigenvalue weighted by atomic mass is 16.5. The van der Waals surface area contributed by atoms with Gasteiger partial charge in [0.15, 0.2) is 0 Å². The van der Waals surface area contributed by atoms with Gasteiger partial charge in [-0.25, -0.2) is 0 Å². The van der Waals surface area contributed by atoms with Gasteiger partial charge in [0.25, 0.3) is 0 Å². The van der Waals surface area contributed by atoms with Crippen LogP contribution < -0.4 is 5.73 Å². The first-order chi connectivity index (χ1) is 6.18. The van der Waals surface area contributed by atoms with Crippen LogP contribution in [0, 0.1) is 0 Å². The van der Waals surface area contributed by atoms with E-state index in [2.05, 4.69) is 13.8 Å². The summed E-state index contributed by atoms with van der Waals surface area (Å²) in [6.45, 7) is 5.10. The fraction of sp³-hybridized carbons (Fsp3) is 1.00. The van der Waals surface area contributed by atoms with Crippen molar-refractivity contribution in [2.24, 2.45) is 5.73 Å². The van der Waals surface area contributed by atoms with E-state index in [0.29, 0.717) is 6.61 Å². The molecule has 2 nitrogen and oxygen atoms in total. The van der Waals surface area contributed by atoms with Crippen LogP contribution >= 0.6 is 0 Å². The monoisotopic (exact) mass is 187 g/mol. The number of methoxy groups -OCH3 is 1. The van der Waals surface area contributed by atoms with Crippen LogP contribution in [0.25, 0.3) is 0 Å². The largest absolute Gasteiger partial charge is 0.383 e. The van der Waals surface area contributed by atoms with Crippen LogP contribution in [-0.2, 0) is 4.74 Å². The highest BCUT2D eigenvalue weighted by Crippen LogP contribution is 2.18. The molecule has 0 saturated heterocycles. The van der Waals surface area contributed by atoms with Crippen molar-refractivity contribution in [3.63, 3.8) is 0 Å². The van der Waals surface area contributed by atoms with Crippen LogP contribution in [0.4, 0.5) is 0 Å². The quantitative estimate of drug-likeness (QED) is 0.634. The van der Waals surface area contributed by atoms with Gasteiger partial charge in [-0.2, -0.15) is 0 Å². The molecule has 0 aromatic carbocycles. The molecular formula is C11H25NO. The molecule has 13 heavy (non-hydrogen) atoms. The van der Waals surface area contributed by atoms with Crippen molar-refractivity contribution in [2.45, 2.75) is 57.9 Å². The summed E-state index contributed by atoms with van der Waals surface area (Å²) < 4.78 is 5.18. The third-order valence-corrected chi connectivity index (χ3v) is 2.49. The Morgan fingerprint density at radius 2 is 1.54 bits per heavy atom. The lowest BCUT2D eigenvalue weighted by Crippen LogP contribution is -2.44. The van der Waals surface area contributed by atoms with Crippen LogP contribution in [0.2, 0.25) is 0 Å². The molecule has 0 spiro atoms. The van der Waals surface area contributed by atoms with Gasteiger partial charge >= 0.3 is 0 Å². The minimum atomic E-state index is -0.0687. The SMILES string of the molecule is CCCCC(N)(CCCC)COC. The summed E-state index contributed by atoms with van der Waals surface area (Å²) in [6.07, 6.45) is 7.05. The van der Waals surface area contributed by atoms with Gasteiger partial charge in [-0.3, -0.25) is 0 Å². The predicted molar refractivity (Wildman–Crippen MR) is 57.8 cm³/mol. The van der Waals surface area contributed by atoms with Gasteiger partial charge in [0.05, 0.1) is 6.61 Å². The molecule has 0 aliphatic rings. The summed E-state index contributed by atoms with van der Waals surface area (Å²) in [5.74, 6) is 0. The Balaban J connectivity index is 3.84. The minimum absolute atomic E-state index is 0.0687. The Kier molecular flexibility index (Phi) is 7.29. The van der Waals surface area contributed by atoms with Gasteiger partial charge in [-0.05, 0) is 12.8 Å². The number of rotatable bonds is 8. The molecule has 0 amide bonds. The van der Waals surface area contributed by atoms with E-state index < -0.39 is 0 Å². The van der Waals surface area contributed by atoms with Gasteiger partial charge in [0.1, 0.15) is 0 Å². The predicted octanol–water partition coefficient (Wildman–Crippen LogP) is 2.71. The number of ether oxygens (including phenoxy) is 1. The van der Waals surface area contributed by atoms with E-state index in [4.69, 9.17) is 10.5 Å². The second-order valence-electron chi connectivity index (χ2n) is 4.00. The zero-order chi connectivity index (χ0) is 10.2. The first kappa shape index (κ1) is 12.9. The molecule has 0 aliphatic heterocycles. The summed E-state index contributed by atoms with van der Waals surface area (Å²) in [5, 5.41) is 0. The van der Waals surface area contributed by atoms with Crippen molar-refractivity contribution in [1.29, 1.82) is 0 Å². The average Bonchev–Trinajstić information content (AvgIpc) is 2.12. The highest BCUT2D eigenvalue weighted by Gasteiger charge is 2.23. The maximum absolute atomic E-state index is 6.26. The Morgan fingerprint density at radius 3 is 1.85 bits per heavy atom. The third-order valence-electron chi connectivity index (χ3n) is 2.49. The molecule has 0 radical (unpaired) electrons. The van der Waals surface area contributed by atoms with Crippen molar-refractivity contribution < 1.29 is 4.74 Å². The smallest absolute Gasteiger partial charge is 0.0642 e. The summed E-state index contributed by atoms with van der Waals surface area (Å²) in [4.78, 5) is 0. The molecular weight excluding hydrogens is 162 g/mol. The van der Waals surface area contributed by atoms with Crippen molar-refractivity contribution in [3.8, 4) is 0 Å². The van der Waals surface area contributed by atoms with E-state index in [9.17, 15) is 0 Å². The molecule has 0 rings (SSSR count). The molecule has 80 valence electrons. The summed E-state index contributed by atoms with van der Waals surface area (Å²) in [6, 6.07) is 0. The van der Waals surface area contributed by atoms with Crippen LogP contribution in [0.5, 0.6) is 0 Å². The van der Waals surface area contributed by atoms with Crippen LogP contribution in [0.3, 0.4) is 0 Å². The van der Waals surface area contributed by atoms with Crippen LogP contribution in [-0.4, -0.2) is 19.3 Å². The van der Waals surface area contributed by atoms with Crippen LogP contribution in [0.15, 0.2) is 0 Å². The second-order valence-corrected chi connectivity index (χ2v) is 4.00. The third kappa shape index (κ3) is 6.05. The summed E-state index contributed by atoms with van der Waals surface area (Å²) >= 11 is 0. The summed E-state index contributed by atoms with van der Waals surface area (Å²) in [7, 11) is 1.74. The number of nitrogens with two attached hydrogens (primary N) is 1. The Hall–Kier alpha value is -0.0800. The molecule has 2 heteroatoms. The van der Waals surface area contributed by atoms with E-state index in [1.165, 1.54) is 25.7 Å². The molecule has 0 aliphatic carbocycles. The standard InChI is InChI=1S/C11H25NO/c1-4-6-8-11(12,10-13-3)9-7-5-2/h4-10,12H2,1-3H3. The zero-order valence-electron chi connectivity index (χ0n) is 9.44. The number of hydrogen-bond acceptors (Lipinski definition) is 2. The molecule has 2 N–H and O–H groups in total. The first-order valence-electron chi connectivity index (χ1n) is 5.46. The number of hydrogen-bond donors (Lipinski definition) is 1. The molecule has 0 fully saturated rings. The van der Waals surface area contributed by atoms with Gasteiger partial charge in [-0.1, -0.05) is 39.5 Å². The lowest BCUT2D eigenvalue weighted by molar-refractivity contribution is 0.118. The van der Waals surface area contributed by atoms with Gasteiger partial charge in [-0.15, -0.1) is 0 Å². The first-order valence-corrected chi connectivity index (χ1v) is 5.46. The van der Waals surface area contributed by atoms with Gasteiger partial charge in [0.2, 0.25) is 0 Å². The van der Waals surface area contributed by atoms with Crippen LogP contribution in [0.1, 0.15) is 52.4 Å². The fourth-order valence-electron chi connectivity index (χ4n) is 1.61. The van der Waals surface area contributed by atoms with Gasteiger partial charge in [0, 0.05) is 12.6 Å². The molecule has 0 aromatic rings. The number of unbranched alkanes of at least 4 members (excludes halogenated alkanes) is 2. The Labute approximate surface area is 82.8 Å².